The lowest BCUT2D eigenvalue weighted by molar-refractivity contribution is 0.288. The van der Waals surface area contributed by atoms with Crippen molar-refractivity contribution in [3.63, 3.8) is 0 Å². The second kappa shape index (κ2) is 7.59. The van der Waals surface area contributed by atoms with Crippen LogP contribution in [0.5, 0.6) is 5.75 Å². The Kier molecular flexibility index (Phi) is 5.45. The fraction of sp³-hybridized carbons (Fsp3) is 0.294. The zero-order chi connectivity index (χ0) is 13.3. The van der Waals surface area contributed by atoms with E-state index in [0.717, 1.165) is 25.2 Å². The number of para-hydroxylation sites is 1. The Labute approximate surface area is 115 Å². The van der Waals surface area contributed by atoms with Gasteiger partial charge in [-0.3, -0.25) is 0 Å². The molecule has 1 unspecified atom stereocenters. The highest BCUT2D eigenvalue weighted by Gasteiger charge is 2.07. The van der Waals surface area contributed by atoms with Crippen molar-refractivity contribution < 1.29 is 4.74 Å². The zero-order valence-corrected chi connectivity index (χ0v) is 11.4. The van der Waals surface area contributed by atoms with Gasteiger partial charge in [-0.1, -0.05) is 48.5 Å². The average Bonchev–Trinajstić information content (AvgIpc) is 2.48. The second-order valence-corrected chi connectivity index (χ2v) is 4.63. The fourth-order valence-electron chi connectivity index (χ4n) is 2.08. The highest BCUT2D eigenvalue weighted by atomic mass is 16.5. The van der Waals surface area contributed by atoms with Crippen molar-refractivity contribution in [2.45, 2.75) is 18.9 Å². The van der Waals surface area contributed by atoms with Crippen LogP contribution in [-0.4, -0.2) is 19.7 Å². The predicted molar refractivity (Wildman–Crippen MR) is 79.5 cm³/mol. The minimum atomic E-state index is 0.450. The molecule has 2 rings (SSSR count). The Hall–Kier alpha value is -1.80. The zero-order valence-electron chi connectivity index (χ0n) is 11.4. The van der Waals surface area contributed by atoms with Gasteiger partial charge >= 0.3 is 0 Å². The Balaban J connectivity index is 1.77. The van der Waals surface area contributed by atoms with Crippen molar-refractivity contribution >= 4 is 0 Å². The summed E-state index contributed by atoms with van der Waals surface area (Å²) in [5.41, 5.74) is 1.36. The van der Waals surface area contributed by atoms with Gasteiger partial charge in [0.25, 0.3) is 0 Å². The SMILES string of the molecule is CNC(CCOc1ccccc1)Cc1ccccc1. The molecule has 0 fully saturated rings. The van der Waals surface area contributed by atoms with Crippen molar-refractivity contribution in [2.75, 3.05) is 13.7 Å². The number of hydrogen-bond donors (Lipinski definition) is 1. The van der Waals surface area contributed by atoms with Gasteiger partial charge in [0.05, 0.1) is 6.61 Å². The third kappa shape index (κ3) is 4.76. The Morgan fingerprint density at radius 1 is 0.947 bits per heavy atom. The minimum absolute atomic E-state index is 0.450. The first kappa shape index (κ1) is 13.6. The van der Waals surface area contributed by atoms with Gasteiger partial charge in [-0.05, 0) is 37.6 Å². The summed E-state index contributed by atoms with van der Waals surface area (Å²) in [5, 5.41) is 3.36. The van der Waals surface area contributed by atoms with E-state index in [-0.39, 0.29) is 0 Å². The summed E-state index contributed by atoms with van der Waals surface area (Å²) < 4.78 is 5.74. The number of rotatable bonds is 7. The molecule has 2 nitrogen and oxygen atoms in total. The van der Waals surface area contributed by atoms with E-state index in [1.165, 1.54) is 5.56 Å². The van der Waals surface area contributed by atoms with E-state index in [2.05, 4.69) is 35.6 Å². The molecule has 0 aromatic heterocycles. The maximum Gasteiger partial charge on any atom is 0.119 e. The molecule has 0 spiro atoms. The number of benzene rings is 2. The van der Waals surface area contributed by atoms with Crippen LogP contribution in [0.1, 0.15) is 12.0 Å². The molecule has 2 heteroatoms. The number of nitrogens with one attached hydrogen (secondary N) is 1. The van der Waals surface area contributed by atoms with Crippen LogP contribution < -0.4 is 10.1 Å². The molecule has 2 aromatic rings. The summed E-state index contributed by atoms with van der Waals surface area (Å²) in [6.07, 6.45) is 2.04. The normalized spacial score (nSPS) is 12.1. The van der Waals surface area contributed by atoms with Gasteiger partial charge in [0.15, 0.2) is 0 Å². The summed E-state index contributed by atoms with van der Waals surface area (Å²) in [6.45, 7) is 0.738. The van der Waals surface area contributed by atoms with Crippen molar-refractivity contribution in [1.29, 1.82) is 0 Å². The predicted octanol–water partition coefficient (Wildman–Crippen LogP) is 3.29. The van der Waals surface area contributed by atoms with E-state index in [1.807, 2.05) is 37.4 Å². The fourth-order valence-corrected chi connectivity index (χ4v) is 2.08. The van der Waals surface area contributed by atoms with E-state index >= 15 is 0 Å². The van der Waals surface area contributed by atoms with Crippen LogP contribution in [0.2, 0.25) is 0 Å². The van der Waals surface area contributed by atoms with E-state index in [0.29, 0.717) is 6.04 Å². The number of likely N-dealkylation sites (N-methyl/N-ethyl adjacent to an activating group) is 1. The van der Waals surface area contributed by atoms with Gasteiger partial charge in [-0.25, -0.2) is 0 Å². The molecule has 0 saturated carbocycles. The van der Waals surface area contributed by atoms with Crippen molar-refractivity contribution in [3.05, 3.63) is 66.2 Å². The third-order valence-electron chi connectivity index (χ3n) is 3.21. The Morgan fingerprint density at radius 3 is 2.21 bits per heavy atom. The second-order valence-electron chi connectivity index (χ2n) is 4.63. The molecule has 19 heavy (non-hydrogen) atoms. The molecule has 0 heterocycles. The van der Waals surface area contributed by atoms with Crippen LogP contribution >= 0.6 is 0 Å². The van der Waals surface area contributed by atoms with Crippen molar-refractivity contribution in [2.24, 2.45) is 0 Å². The van der Waals surface area contributed by atoms with E-state index in [1.54, 1.807) is 0 Å². The van der Waals surface area contributed by atoms with Crippen LogP contribution in [-0.2, 0) is 6.42 Å². The molecule has 2 aromatic carbocycles. The number of ether oxygens (including phenoxy) is 1. The standard InChI is InChI=1S/C17H21NO/c1-18-16(14-15-8-4-2-5-9-15)12-13-19-17-10-6-3-7-11-17/h2-11,16,18H,12-14H2,1H3. The smallest absolute Gasteiger partial charge is 0.119 e. The maximum absolute atomic E-state index is 5.74. The summed E-state index contributed by atoms with van der Waals surface area (Å²) >= 11 is 0. The molecule has 1 atom stereocenters. The van der Waals surface area contributed by atoms with Crippen LogP contribution in [0.25, 0.3) is 0 Å². The van der Waals surface area contributed by atoms with E-state index in [4.69, 9.17) is 4.74 Å². The van der Waals surface area contributed by atoms with Crippen molar-refractivity contribution in [1.82, 2.24) is 5.32 Å². The molecule has 0 aliphatic carbocycles. The molecule has 0 aliphatic heterocycles. The molecule has 0 aliphatic rings. The summed E-state index contributed by atoms with van der Waals surface area (Å²) in [6, 6.07) is 21.0. The molecule has 0 bridgehead atoms. The summed E-state index contributed by atoms with van der Waals surface area (Å²) in [7, 11) is 2.01. The Morgan fingerprint density at radius 2 is 1.58 bits per heavy atom. The van der Waals surface area contributed by atoms with Crippen LogP contribution in [0.15, 0.2) is 60.7 Å². The maximum atomic E-state index is 5.74. The first-order valence-corrected chi connectivity index (χ1v) is 6.77. The largest absolute Gasteiger partial charge is 0.494 e. The van der Waals surface area contributed by atoms with Gasteiger partial charge in [-0.15, -0.1) is 0 Å². The lowest BCUT2D eigenvalue weighted by atomic mass is 10.0. The molecule has 100 valence electrons. The third-order valence-corrected chi connectivity index (χ3v) is 3.21. The molecular weight excluding hydrogens is 234 g/mol. The monoisotopic (exact) mass is 255 g/mol. The topological polar surface area (TPSA) is 21.3 Å². The summed E-state index contributed by atoms with van der Waals surface area (Å²) in [5.74, 6) is 0.942. The van der Waals surface area contributed by atoms with Crippen molar-refractivity contribution in [3.8, 4) is 5.75 Å². The minimum Gasteiger partial charge on any atom is -0.494 e. The molecular formula is C17H21NO. The highest BCUT2D eigenvalue weighted by molar-refractivity contribution is 5.21. The molecule has 1 N–H and O–H groups in total. The quantitative estimate of drug-likeness (QED) is 0.819. The van der Waals surface area contributed by atoms with E-state index in [9.17, 15) is 0 Å². The van der Waals surface area contributed by atoms with Gasteiger partial charge in [0, 0.05) is 6.04 Å². The Bertz CT molecular complexity index is 455. The van der Waals surface area contributed by atoms with Gasteiger partial charge < -0.3 is 10.1 Å². The lowest BCUT2D eigenvalue weighted by Gasteiger charge is -2.16. The van der Waals surface area contributed by atoms with Gasteiger partial charge in [0.1, 0.15) is 5.75 Å². The van der Waals surface area contributed by atoms with Crippen LogP contribution in [0.4, 0.5) is 0 Å². The van der Waals surface area contributed by atoms with Gasteiger partial charge in [0.2, 0.25) is 0 Å². The summed E-state index contributed by atoms with van der Waals surface area (Å²) in [4.78, 5) is 0. The first-order chi connectivity index (χ1) is 9.38. The van der Waals surface area contributed by atoms with Crippen LogP contribution in [0, 0.1) is 0 Å². The van der Waals surface area contributed by atoms with Gasteiger partial charge in [-0.2, -0.15) is 0 Å². The lowest BCUT2D eigenvalue weighted by Crippen LogP contribution is -2.29. The highest BCUT2D eigenvalue weighted by Crippen LogP contribution is 2.10. The first-order valence-electron chi connectivity index (χ1n) is 6.77. The average molecular weight is 255 g/mol. The number of hydrogen-bond acceptors (Lipinski definition) is 2. The molecule has 0 saturated heterocycles. The van der Waals surface area contributed by atoms with Crippen LogP contribution in [0.3, 0.4) is 0 Å². The molecule has 0 radical (unpaired) electrons. The van der Waals surface area contributed by atoms with E-state index < -0.39 is 0 Å². The molecule has 0 amide bonds.